The predicted octanol–water partition coefficient (Wildman–Crippen LogP) is 1.57. The highest BCUT2D eigenvalue weighted by Gasteiger charge is 2.01. The molecule has 78 valence electrons. The summed E-state index contributed by atoms with van der Waals surface area (Å²) in [5.41, 5.74) is 8.54. The lowest BCUT2D eigenvalue weighted by atomic mass is 10.2. The van der Waals surface area contributed by atoms with Gasteiger partial charge in [0.05, 0.1) is 6.54 Å². The molecular formula is C10H12N4O. The summed E-state index contributed by atoms with van der Waals surface area (Å²) in [7, 11) is 0. The zero-order valence-electron chi connectivity index (χ0n) is 8.40. The van der Waals surface area contributed by atoms with Crippen LogP contribution >= 0.6 is 0 Å². The van der Waals surface area contributed by atoms with Gasteiger partial charge in [-0.15, -0.1) is 0 Å². The molecule has 1 aromatic heterocycles. The fourth-order valence-electron chi connectivity index (χ4n) is 1.27. The summed E-state index contributed by atoms with van der Waals surface area (Å²) >= 11 is 0. The molecule has 0 aliphatic carbocycles. The molecule has 0 bridgehead atoms. The summed E-state index contributed by atoms with van der Waals surface area (Å²) in [6.07, 6.45) is 1.31. The van der Waals surface area contributed by atoms with E-state index >= 15 is 0 Å². The van der Waals surface area contributed by atoms with E-state index in [-0.39, 0.29) is 0 Å². The van der Waals surface area contributed by atoms with Crippen LogP contribution in [0.25, 0.3) is 0 Å². The predicted molar refractivity (Wildman–Crippen MR) is 57.2 cm³/mol. The largest absolute Gasteiger partial charge is 0.399 e. The highest BCUT2D eigenvalue weighted by molar-refractivity contribution is 5.59. The van der Waals surface area contributed by atoms with Crippen LogP contribution in [0.15, 0.2) is 29.1 Å². The number of rotatable bonds is 3. The van der Waals surface area contributed by atoms with Crippen molar-refractivity contribution in [2.75, 3.05) is 11.1 Å². The van der Waals surface area contributed by atoms with E-state index < -0.39 is 0 Å². The molecule has 1 aromatic carbocycles. The van der Waals surface area contributed by atoms with Crippen LogP contribution in [0.4, 0.5) is 11.4 Å². The second-order valence-electron chi connectivity index (χ2n) is 3.28. The molecule has 2 rings (SSSR count). The Morgan fingerprint density at radius 2 is 2.33 bits per heavy atom. The summed E-state index contributed by atoms with van der Waals surface area (Å²) in [5.74, 6) is 0.622. The topological polar surface area (TPSA) is 77.0 Å². The van der Waals surface area contributed by atoms with E-state index in [0.29, 0.717) is 12.4 Å². The normalized spacial score (nSPS) is 10.2. The number of hydrogen-bond acceptors (Lipinski definition) is 5. The number of anilines is 2. The molecule has 0 fully saturated rings. The van der Waals surface area contributed by atoms with Crippen LogP contribution in [0.3, 0.4) is 0 Å². The van der Waals surface area contributed by atoms with Crippen LogP contribution in [0, 0.1) is 6.92 Å². The molecule has 0 spiro atoms. The quantitative estimate of drug-likeness (QED) is 0.742. The van der Waals surface area contributed by atoms with Gasteiger partial charge >= 0.3 is 0 Å². The zero-order valence-corrected chi connectivity index (χ0v) is 8.40. The van der Waals surface area contributed by atoms with E-state index in [0.717, 1.165) is 16.9 Å². The Kier molecular flexibility index (Phi) is 2.53. The van der Waals surface area contributed by atoms with Crippen molar-refractivity contribution in [2.45, 2.75) is 13.5 Å². The molecule has 0 radical (unpaired) electrons. The molecule has 15 heavy (non-hydrogen) atoms. The van der Waals surface area contributed by atoms with E-state index in [4.69, 9.17) is 5.73 Å². The summed E-state index contributed by atoms with van der Waals surface area (Å²) in [6.45, 7) is 2.54. The van der Waals surface area contributed by atoms with E-state index in [2.05, 4.69) is 20.0 Å². The molecule has 0 atom stereocenters. The highest BCUT2D eigenvalue weighted by atomic mass is 16.5. The number of benzene rings is 1. The fraction of sp³-hybridized carbons (Fsp3) is 0.200. The van der Waals surface area contributed by atoms with E-state index in [1.165, 1.54) is 6.39 Å². The maximum atomic E-state index is 5.69. The lowest BCUT2D eigenvalue weighted by Gasteiger charge is -2.07. The SMILES string of the molecule is Cc1ccc(N)cc1NCc1ncon1. The summed E-state index contributed by atoms with van der Waals surface area (Å²) in [6, 6.07) is 5.72. The van der Waals surface area contributed by atoms with Gasteiger partial charge in [-0.25, -0.2) is 0 Å². The van der Waals surface area contributed by atoms with E-state index in [1.54, 1.807) is 0 Å². The Morgan fingerprint density at radius 1 is 1.47 bits per heavy atom. The first-order valence-electron chi connectivity index (χ1n) is 4.61. The van der Waals surface area contributed by atoms with Crippen molar-refractivity contribution >= 4 is 11.4 Å². The molecule has 5 nitrogen and oxygen atoms in total. The molecule has 0 saturated heterocycles. The van der Waals surface area contributed by atoms with Gasteiger partial charge in [-0.2, -0.15) is 4.98 Å². The number of aryl methyl sites for hydroxylation is 1. The summed E-state index contributed by atoms with van der Waals surface area (Å²) in [4.78, 5) is 3.91. The first-order valence-corrected chi connectivity index (χ1v) is 4.61. The summed E-state index contributed by atoms with van der Waals surface area (Å²) < 4.78 is 4.63. The monoisotopic (exact) mass is 204 g/mol. The number of nitrogens with zero attached hydrogens (tertiary/aromatic N) is 2. The molecular weight excluding hydrogens is 192 g/mol. The van der Waals surface area contributed by atoms with Crippen LogP contribution in [-0.4, -0.2) is 10.1 Å². The average Bonchev–Trinajstić information content (AvgIpc) is 2.72. The van der Waals surface area contributed by atoms with Crippen molar-refractivity contribution in [1.82, 2.24) is 10.1 Å². The number of aromatic nitrogens is 2. The van der Waals surface area contributed by atoms with Crippen molar-refractivity contribution < 1.29 is 4.52 Å². The maximum absolute atomic E-state index is 5.69. The van der Waals surface area contributed by atoms with Crippen molar-refractivity contribution in [3.63, 3.8) is 0 Å². The average molecular weight is 204 g/mol. The highest BCUT2D eigenvalue weighted by Crippen LogP contribution is 2.18. The first kappa shape index (κ1) is 9.51. The van der Waals surface area contributed by atoms with Gasteiger partial charge in [-0.1, -0.05) is 11.2 Å². The van der Waals surface area contributed by atoms with Crippen molar-refractivity contribution in [2.24, 2.45) is 0 Å². The van der Waals surface area contributed by atoms with E-state index in [9.17, 15) is 0 Å². The molecule has 0 amide bonds. The van der Waals surface area contributed by atoms with Gasteiger partial charge in [0.1, 0.15) is 0 Å². The third kappa shape index (κ3) is 2.25. The van der Waals surface area contributed by atoms with Crippen LogP contribution in [-0.2, 0) is 6.54 Å². The third-order valence-corrected chi connectivity index (χ3v) is 2.11. The lowest BCUT2D eigenvalue weighted by Crippen LogP contribution is -2.03. The molecule has 2 aromatic rings. The number of nitrogens with two attached hydrogens (primary N) is 1. The minimum atomic E-state index is 0.529. The number of hydrogen-bond donors (Lipinski definition) is 2. The minimum Gasteiger partial charge on any atom is -0.399 e. The molecule has 0 aliphatic heterocycles. The molecule has 5 heteroatoms. The molecule has 0 saturated carbocycles. The number of nitrogen functional groups attached to an aromatic ring is 1. The van der Waals surface area contributed by atoms with Crippen molar-refractivity contribution in [3.8, 4) is 0 Å². The Balaban J connectivity index is 2.07. The fourth-order valence-corrected chi connectivity index (χ4v) is 1.27. The Labute approximate surface area is 87.3 Å². The van der Waals surface area contributed by atoms with Crippen LogP contribution in [0.2, 0.25) is 0 Å². The van der Waals surface area contributed by atoms with Crippen LogP contribution in [0.5, 0.6) is 0 Å². The van der Waals surface area contributed by atoms with Gasteiger partial charge in [-0.05, 0) is 24.6 Å². The standard InChI is InChI=1S/C10H12N4O/c1-7-2-3-8(11)4-9(7)12-5-10-13-6-15-14-10/h2-4,6,12H,5,11H2,1H3. The molecule has 1 heterocycles. The second-order valence-corrected chi connectivity index (χ2v) is 3.28. The smallest absolute Gasteiger partial charge is 0.213 e. The van der Waals surface area contributed by atoms with Gasteiger partial charge < -0.3 is 15.6 Å². The van der Waals surface area contributed by atoms with Gasteiger partial charge in [0.2, 0.25) is 6.39 Å². The van der Waals surface area contributed by atoms with Gasteiger partial charge in [-0.3, -0.25) is 0 Å². The molecule has 3 N–H and O–H groups in total. The maximum Gasteiger partial charge on any atom is 0.213 e. The Morgan fingerprint density at radius 3 is 3.07 bits per heavy atom. The van der Waals surface area contributed by atoms with Gasteiger partial charge in [0.15, 0.2) is 5.82 Å². The van der Waals surface area contributed by atoms with Crippen LogP contribution in [0.1, 0.15) is 11.4 Å². The van der Waals surface area contributed by atoms with Gasteiger partial charge in [0.25, 0.3) is 0 Å². The minimum absolute atomic E-state index is 0.529. The molecule has 0 unspecified atom stereocenters. The Bertz CT molecular complexity index is 439. The lowest BCUT2D eigenvalue weighted by molar-refractivity contribution is 0.411. The zero-order chi connectivity index (χ0) is 10.7. The Hall–Kier alpha value is -2.04. The summed E-state index contributed by atoms with van der Waals surface area (Å²) in [5, 5.41) is 6.89. The van der Waals surface area contributed by atoms with Gasteiger partial charge in [0, 0.05) is 11.4 Å². The third-order valence-electron chi connectivity index (χ3n) is 2.11. The van der Waals surface area contributed by atoms with Crippen molar-refractivity contribution in [1.29, 1.82) is 0 Å². The second kappa shape index (κ2) is 4.00. The first-order chi connectivity index (χ1) is 7.25. The van der Waals surface area contributed by atoms with Crippen LogP contribution < -0.4 is 11.1 Å². The van der Waals surface area contributed by atoms with Crippen molar-refractivity contribution in [3.05, 3.63) is 36.0 Å². The molecule has 0 aliphatic rings. The van der Waals surface area contributed by atoms with E-state index in [1.807, 2.05) is 25.1 Å². The number of nitrogens with one attached hydrogen (secondary N) is 1.